The lowest BCUT2D eigenvalue weighted by atomic mass is 9.79. The molecule has 84 valence electrons. The van der Waals surface area contributed by atoms with E-state index in [4.69, 9.17) is 10.2 Å². The molecule has 4 nitrogen and oxygen atoms in total. The van der Waals surface area contributed by atoms with Gasteiger partial charge < -0.3 is 10.2 Å². The zero-order valence-corrected chi connectivity index (χ0v) is 8.61. The van der Waals surface area contributed by atoms with E-state index in [1.54, 1.807) is 0 Å². The van der Waals surface area contributed by atoms with E-state index in [0.717, 1.165) is 0 Å². The van der Waals surface area contributed by atoms with Crippen LogP contribution in [-0.4, -0.2) is 22.2 Å². The van der Waals surface area contributed by atoms with Gasteiger partial charge >= 0.3 is 11.9 Å². The average molecular weight is 212 g/mol. The average Bonchev–Trinajstić information content (AvgIpc) is 2.17. The SMILES string of the molecule is C=CCCC(CCC=C)(C(=O)O)C(=O)O. The van der Waals surface area contributed by atoms with Gasteiger partial charge in [-0.25, -0.2) is 0 Å². The highest BCUT2D eigenvalue weighted by atomic mass is 16.4. The number of aliphatic carboxylic acids is 2. The molecule has 0 aliphatic rings. The Balaban J connectivity index is 4.88. The van der Waals surface area contributed by atoms with Crippen molar-refractivity contribution in [3.8, 4) is 0 Å². The van der Waals surface area contributed by atoms with E-state index in [2.05, 4.69) is 13.2 Å². The molecule has 0 aromatic rings. The largest absolute Gasteiger partial charge is 0.480 e. The highest BCUT2D eigenvalue weighted by Crippen LogP contribution is 2.31. The molecule has 0 unspecified atom stereocenters. The minimum absolute atomic E-state index is 0.0645. The molecule has 0 fully saturated rings. The number of carboxylic acid groups (broad SMARTS) is 2. The van der Waals surface area contributed by atoms with Crippen molar-refractivity contribution in [1.29, 1.82) is 0 Å². The van der Waals surface area contributed by atoms with Crippen LogP contribution in [0, 0.1) is 5.41 Å². The summed E-state index contributed by atoms with van der Waals surface area (Å²) in [5.41, 5.74) is -1.71. The van der Waals surface area contributed by atoms with Crippen LogP contribution in [0.5, 0.6) is 0 Å². The van der Waals surface area contributed by atoms with E-state index in [1.165, 1.54) is 12.2 Å². The van der Waals surface area contributed by atoms with E-state index in [0.29, 0.717) is 12.8 Å². The van der Waals surface area contributed by atoms with E-state index < -0.39 is 17.4 Å². The van der Waals surface area contributed by atoms with Crippen LogP contribution in [0.4, 0.5) is 0 Å². The Hall–Kier alpha value is -1.58. The van der Waals surface area contributed by atoms with Crippen LogP contribution in [0.15, 0.2) is 25.3 Å². The molecule has 0 heterocycles. The van der Waals surface area contributed by atoms with Crippen LogP contribution in [0.3, 0.4) is 0 Å². The number of allylic oxidation sites excluding steroid dienone is 2. The molecule has 0 aliphatic heterocycles. The van der Waals surface area contributed by atoms with Crippen molar-refractivity contribution < 1.29 is 19.8 Å². The maximum Gasteiger partial charge on any atom is 0.321 e. The molecule has 0 saturated carbocycles. The Morgan fingerprint density at radius 2 is 1.33 bits per heavy atom. The third-order valence-electron chi connectivity index (χ3n) is 2.37. The topological polar surface area (TPSA) is 74.6 Å². The molecule has 0 radical (unpaired) electrons. The molecule has 2 N–H and O–H groups in total. The third-order valence-corrected chi connectivity index (χ3v) is 2.37. The van der Waals surface area contributed by atoms with E-state index in [1.807, 2.05) is 0 Å². The molecule has 4 heteroatoms. The number of hydrogen-bond donors (Lipinski definition) is 2. The minimum atomic E-state index is -1.71. The van der Waals surface area contributed by atoms with Gasteiger partial charge in [0.2, 0.25) is 0 Å². The van der Waals surface area contributed by atoms with Gasteiger partial charge in [0.15, 0.2) is 5.41 Å². The Kier molecular flexibility index (Phi) is 5.37. The fourth-order valence-corrected chi connectivity index (χ4v) is 1.34. The highest BCUT2D eigenvalue weighted by molar-refractivity contribution is 5.98. The summed E-state index contributed by atoms with van der Waals surface area (Å²) >= 11 is 0. The molecule has 0 aromatic carbocycles. The van der Waals surface area contributed by atoms with Crippen LogP contribution in [0.1, 0.15) is 25.7 Å². The second-order valence-corrected chi connectivity index (χ2v) is 3.35. The van der Waals surface area contributed by atoms with Crippen molar-refractivity contribution >= 4 is 11.9 Å². The molecule has 0 spiro atoms. The Morgan fingerprint density at radius 1 is 1.00 bits per heavy atom. The van der Waals surface area contributed by atoms with E-state index in [9.17, 15) is 9.59 Å². The second kappa shape index (κ2) is 6.01. The molecule has 15 heavy (non-hydrogen) atoms. The Morgan fingerprint density at radius 3 is 1.53 bits per heavy atom. The molecule has 0 saturated heterocycles. The van der Waals surface area contributed by atoms with Crippen molar-refractivity contribution in [3.63, 3.8) is 0 Å². The lowest BCUT2D eigenvalue weighted by molar-refractivity contribution is -0.165. The van der Waals surface area contributed by atoms with Gasteiger partial charge in [0.25, 0.3) is 0 Å². The molecular formula is C11H16O4. The van der Waals surface area contributed by atoms with Gasteiger partial charge in [-0.1, -0.05) is 12.2 Å². The number of hydrogen-bond acceptors (Lipinski definition) is 2. The second-order valence-electron chi connectivity index (χ2n) is 3.35. The molecule has 0 bridgehead atoms. The summed E-state index contributed by atoms with van der Waals surface area (Å²) in [6.07, 6.45) is 3.92. The minimum Gasteiger partial charge on any atom is -0.480 e. The predicted molar refractivity (Wildman–Crippen MR) is 56.6 cm³/mol. The lowest BCUT2D eigenvalue weighted by Gasteiger charge is -2.23. The van der Waals surface area contributed by atoms with Crippen molar-refractivity contribution in [1.82, 2.24) is 0 Å². The molecule has 0 aliphatic carbocycles. The van der Waals surface area contributed by atoms with Gasteiger partial charge in [0.1, 0.15) is 0 Å². The normalized spacial score (nSPS) is 10.7. The number of rotatable bonds is 8. The van der Waals surface area contributed by atoms with Crippen molar-refractivity contribution in [2.45, 2.75) is 25.7 Å². The summed E-state index contributed by atoms with van der Waals surface area (Å²) in [4.78, 5) is 22.1. The summed E-state index contributed by atoms with van der Waals surface area (Å²) in [5.74, 6) is -2.59. The summed E-state index contributed by atoms with van der Waals surface area (Å²) in [7, 11) is 0. The first kappa shape index (κ1) is 13.4. The van der Waals surface area contributed by atoms with Gasteiger partial charge in [-0.3, -0.25) is 9.59 Å². The first-order valence-corrected chi connectivity index (χ1v) is 4.70. The number of carbonyl (C=O) groups is 2. The zero-order valence-electron chi connectivity index (χ0n) is 8.61. The molecular weight excluding hydrogens is 196 g/mol. The Labute approximate surface area is 88.9 Å². The van der Waals surface area contributed by atoms with Gasteiger partial charge in [-0.15, -0.1) is 13.2 Å². The standard InChI is InChI=1S/C11H16O4/c1-3-5-7-11(9(12)13,10(14)15)8-6-4-2/h3-4H,1-2,5-8H2,(H,12,13)(H,14,15). The zero-order chi connectivity index (χ0) is 11.9. The molecule has 0 atom stereocenters. The molecule has 0 amide bonds. The first-order chi connectivity index (χ1) is 7.01. The summed E-state index contributed by atoms with van der Waals surface area (Å²) in [6, 6.07) is 0. The van der Waals surface area contributed by atoms with Crippen LogP contribution < -0.4 is 0 Å². The monoisotopic (exact) mass is 212 g/mol. The van der Waals surface area contributed by atoms with Gasteiger partial charge in [0.05, 0.1) is 0 Å². The van der Waals surface area contributed by atoms with Gasteiger partial charge in [-0.05, 0) is 25.7 Å². The summed E-state index contributed by atoms with van der Waals surface area (Å²) < 4.78 is 0. The van der Waals surface area contributed by atoms with Crippen molar-refractivity contribution in [3.05, 3.63) is 25.3 Å². The van der Waals surface area contributed by atoms with Crippen LogP contribution in [-0.2, 0) is 9.59 Å². The number of carboxylic acids is 2. The quantitative estimate of drug-likeness (QED) is 0.477. The summed E-state index contributed by atoms with van der Waals surface area (Å²) in [6.45, 7) is 6.91. The highest BCUT2D eigenvalue weighted by Gasteiger charge is 2.44. The van der Waals surface area contributed by atoms with Crippen LogP contribution in [0.2, 0.25) is 0 Å². The van der Waals surface area contributed by atoms with E-state index in [-0.39, 0.29) is 12.8 Å². The van der Waals surface area contributed by atoms with Crippen LogP contribution >= 0.6 is 0 Å². The Bertz CT molecular complexity index is 240. The smallest absolute Gasteiger partial charge is 0.321 e. The maximum absolute atomic E-state index is 11.0. The first-order valence-electron chi connectivity index (χ1n) is 4.70. The molecule has 0 rings (SSSR count). The van der Waals surface area contributed by atoms with E-state index >= 15 is 0 Å². The fraction of sp³-hybridized carbons (Fsp3) is 0.455. The third kappa shape index (κ3) is 3.23. The molecule has 0 aromatic heterocycles. The predicted octanol–water partition coefficient (Wildman–Crippen LogP) is 2.07. The van der Waals surface area contributed by atoms with Gasteiger partial charge in [-0.2, -0.15) is 0 Å². The fourth-order valence-electron chi connectivity index (χ4n) is 1.34. The lowest BCUT2D eigenvalue weighted by Crippen LogP contribution is -2.39. The van der Waals surface area contributed by atoms with Crippen molar-refractivity contribution in [2.75, 3.05) is 0 Å². The van der Waals surface area contributed by atoms with Gasteiger partial charge in [0, 0.05) is 0 Å². The van der Waals surface area contributed by atoms with Crippen molar-refractivity contribution in [2.24, 2.45) is 5.41 Å². The summed E-state index contributed by atoms with van der Waals surface area (Å²) in [5, 5.41) is 18.0. The van der Waals surface area contributed by atoms with Crippen LogP contribution in [0.25, 0.3) is 0 Å². The maximum atomic E-state index is 11.0.